The number of rotatable bonds is 5. The number of nitrogens with zero attached hydrogens (tertiary/aromatic N) is 3. The largest absolute Gasteiger partial charge is 0.378 e. The maximum atomic E-state index is 5.71. The number of guanidine groups is 1. The van der Waals surface area contributed by atoms with Crippen LogP contribution in [0.2, 0.25) is 0 Å². The highest BCUT2D eigenvalue weighted by Crippen LogP contribution is 2.19. The van der Waals surface area contributed by atoms with E-state index in [2.05, 4.69) is 27.3 Å². The van der Waals surface area contributed by atoms with Crippen LogP contribution < -0.4 is 5.32 Å². The molecular formula is C19H27IN4O2. The first-order valence-electron chi connectivity index (χ1n) is 8.88. The average Bonchev–Trinajstić information content (AvgIpc) is 3.13. The predicted octanol–water partition coefficient (Wildman–Crippen LogP) is 3.54. The first-order valence-corrected chi connectivity index (χ1v) is 8.88. The van der Waals surface area contributed by atoms with Gasteiger partial charge >= 0.3 is 0 Å². The molecule has 3 rings (SSSR count). The summed E-state index contributed by atoms with van der Waals surface area (Å²) in [5, 5.41) is 7.53. The van der Waals surface area contributed by atoms with Crippen molar-refractivity contribution in [1.82, 2.24) is 15.4 Å². The van der Waals surface area contributed by atoms with Crippen molar-refractivity contribution in [1.29, 1.82) is 0 Å². The number of aliphatic imine (C=N–C) groups is 1. The lowest BCUT2D eigenvalue weighted by Gasteiger charge is -2.33. The molecular weight excluding hydrogens is 443 g/mol. The van der Waals surface area contributed by atoms with Gasteiger partial charge in [0.15, 0.2) is 11.7 Å². The van der Waals surface area contributed by atoms with Crippen molar-refractivity contribution in [3.63, 3.8) is 0 Å². The molecule has 0 bridgehead atoms. The molecule has 1 aromatic heterocycles. The molecule has 26 heavy (non-hydrogen) atoms. The maximum Gasteiger partial charge on any atom is 0.193 e. The molecule has 0 saturated carbocycles. The smallest absolute Gasteiger partial charge is 0.193 e. The summed E-state index contributed by atoms with van der Waals surface area (Å²) in [6.07, 6.45) is 2.45. The zero-order chi connectivity index (χ0) is 17.5. The van der Waals surface area contributed by atoms with E-state index in [1.54, 1.807) is 0 Å². The van der Waals surface area contributed by atoms with Crippen molar-refractivity contribution in [3.8, 4) is 11.3 Å². The highest BCUT2D eigenvalue weighted by atomic mass is 127. The number of ether oxygens (including phenoxy) is 1. The third kappa shape index (κ3) is 5.44. The molecule has 0 radical (unpaired) electrons. The summed E-state index contributed by atoms with van der Waals surface area (Å²) in [4.78, 5) is 6.67. The molecule has 0 unspecified atom stereocenters. The van der Waals surface area contributed by atoms with Crippen molar-refractivity contribution < 1.29 is 9.26 Å². The van der Waals surface area contributed by atoms with Gasteiger partial charge in [-0.2, -0.15) is 0 Å². The second kappa shape index (κ2) is 10.5. The van der Waals surface area contributed by atoms with Gasteiger partial charge in [0.25, 0.3) is 0 Å². The summed E-state index contributed by atoms with van der Waals surface area (Å²) in [7, 11) is 1.81. The fraction of sp³-hybridized carbons (Fsp3) is 0.474. The van der Waals surface area contributed by atoms with Crippen LogP contribution in [-0.2, 0) is 11.3 Å². The zero-order valence-electron chi connectivity index (χ0n) is 15.4. The molecule has 1 aliphatic heterocycles. The number of nitrogens with one attached hydrogen (secondary N) is 1. The van der Waals surface area contributed by atoms with Crippen LogP contribution in [0.15, 0.2) is 45.9 Å². The molecule has 1 saturated heterocycles. The predicted molar refractivity (Wildman–Crippen MR) is 114 cm³/mol. The van der Waals surface area contributed by atoms with Gasteiger partial charge in [-0.05, 0) is 19.8 Å². The Morgan fingerprint density at radius 2 is 2.04 bits per heavy atom. The third-order valence-electron chi connectivity index (χ3n) is 4.40. The Kier molecular flexibility index (Phi) is 8.37. The number of likely N-dealkylation sites (tertiary alicyclic amines) is 1. The molecule has 0 aliphatic carbocycles. The summed E-state index contributed by atoms with van der Waals surface area (Å²) in [5.41, 5.74) is 1.90. The molecule has 142 valence electrons. The van der Waals surface area contributed by atoms with E-state index in [0.29, 0.717) is 12.6 Å². The Morgan fingerprint density at radius 3 is 2.69 bits per heavy atom. The fourth-order valence-corrected chi connectivity index (χ4v) is 3.11. The van der Waals surface area contributed by atoms with Gasteiger partial charge in [0, 0.05) is 38.4 Å². The number of aromatic nitrogens is 1. The van der Waals surface area contributed by atoms with Crippen LogP contribution in [0, 0.1) is 0 Å². The standard InChI is InChI=1S/C19H26N4O2.HI/c1-3-24-17-9-11-23(12-10-17)19(20-2)21-14-16-13-18(25-22-16)15-7-5-4-6-8-15;/h4-8,13,17H,3,9-12,14H2,1-2H3,(H,20,21);1H. The molecule has 1 N–H and O–H groups in total. The molecule has 2 heterocycles. The van der Waals surface area contributed by atoms with Crippen LogP contribution in [0.5, 0.6) is 0 Å². The monoisotopic (exact) mass is 470 g/mol. The Bertz CT molecular complexity index is 682. The van der Waals surface area contributed by atoms with Crippen LogP contribution in [0.25, 0.3) is 11.3 Å². The van der Waals surface area contributed by atoms with E-state index in [1.165, 1.54) is 0 Å². The van der Waals surface area contributed by atoms with E-state index >= 15 is 0 Å². The number of hydrogen-bond acceptors (Lipinski definition) is 4. The zero-order valence-corrected chi connectivity index (χ0v) is 17.7. The molecule has 6 nitrogen and oxygen atoms in total. The molecule has 7 heteroatoms. The van der Waals surface area contributed by atoms with Crippen molar-refractivity contribution >= 4 is 29.9 Å². The van der Waals surface area contributed by atoms with Crippen LogP contribution in [-0.4, -0.2) is 48.9 Å². The lowest BCUT2D eigenvalue weighted by Crippen LogP contribution is -2.46. The second-order valence-electron chi connectivity index (χ2n) is 6.09. The summed E-state index contributed by atoms with van der Waals surface area (Å²) in [5.74, 6) is 1.68. The van der Waals surface area contributed by atoms with Crippen LogP contribution in [0.1, 0.15) is 25.5 Å². The Morgan fingerprint density at radius 1 is 1.31 bits per heavy atom. The summed E-state index contributed by atoms with van der Waals surface area (Å²) in [6.45, 7) is 5.34. The van der Waals surface area contributed by atoms with E-state index in [4.69, 9.17) is 9.26 Å². The number of halogens is 1. The Balaban J connectivity index is 0.00000243. The number of piperidine rings is 1. The minimum atomic E-state index is 0. The lowest BCUT2D eigenvalue weighted by atomic mass is 10.1. The van der Waals surface area contributed by atoms with Gasteiger partial charge in [-0.25, -0.2) is 0 Å². The summed E-state index contributed by atoms with van der Waals surface area (Å²) < 4.78 is 11.2. The van der Waals surface area contributed by atoms with Gasteiger partial charge in [-0.3, -0.25) is 4.99 Å². The minimum Gasteiger partial charge on any atom is -0.378 e. The first kappa shape index (κ1) is 20.7. The molecule has 1 fully saturated rings. The average molecular weight is 470 g/mol. The first-order chi connectivity index (χ1) is 12.3. The van der Waals surface area contributed by atoms with E-state index in [1.807, 2.05) is 43.4 Å². The van der Waals surface area contributed by atoms with Crippen LogP contribution in [0.4, 0.5) is 0 Å². The van der Waals surface area contributed by atoms with Crippen molar-refractivity contribution in [2.45, 2.75) is 32.4 Å². The topological polar surface area (TPSA) is 62.9 Å². The van der Waals surface area contributed by atoms with Crippen molar-refractivity contribution in [2.75, 3.05) is 26.7 Å². The number of hydrogen-bond donors (Lipinski definition) is 1. The van der Waals surface area contributed by atoms with Gasteiger partial charge in [-0.15, -0.1) is 24.0 Å². The molecule has 0 spiro atoms. The van der Waals surface area contributed by atoms with E-state index in [9.17, 15) is 0 Å². The molecule has 0 amide bonds. The normalized spacial score (nSPS) is 15.6. The summed E-state index contributed by atoms with van der Waals surface area (Å²) in [6, 6.07) is 12.0. The van der Waals surface area contributed by atoms with E-state index in [-0.39, 0.29) is 24.0 Å². The van der Waals surface area contributed by atoms with Gasteiger partial charge in [0.2, 0.25) is 0 Å². The Labute approximate surface area is 172 Å². The highest BCUT2D eigenvalue weighted by molar-refractivity contribution is 14.0. The third-order valence-corrected chi connectivity index (χ3v) is 4.40. The number of benzene rings is 1. The van der Waals surface area contributed by atoms with Gasteiger partial charge < -0.3 is 19.5 Å². The Hall–Kier alpha value is -1.61. The van der Waals surface area contributed by atoms with Gasteiger partial charge in [0.05, 0.1) is 12.6 Å². The maximum absolute atomic E-state index is 5.71. The van der Waals surface area contributed by atoms with Gasteiger partial charge in [-0.1, -0.05) is 35.5 Å². The van der Waals surface area contributed by atoms with Crippen LogP contribution in [0.3, 0.4) is 0 Å². The SMILES string of the molecule is CCOC1CCN(C(=NC)NCc2cc(-c3ccccc3)on2)CC1.I. The molecule has 0 atom stereocenters. The molecule has 2 aromatic rings. The lowest BCUT2D eigenvalue weighted by molar-refractivity contribution is 0.0263. The van der Waals surface area contributed by atoms with Crippen molar-refractivity contribution in [3.05, 3.63) is 42.1 Å². The van der Waals surface area contributed by atoms with Crippen LogP contribution >= 0.6 is 24.0 Å². The quantitative estimate of drug-likeness (QED) is 0.412. The summed E-state index contributed by atoms with van der Waals surface area (Å²) >= 11 is 0. The van der Waals surface area contributed by atoms with E-state index in [0.717, 1.165) is 55.5 Å². The minimum absolute atomic E-state index is 0. The second-order valence-corrected chi connectivity index (χ2v) is 6.09. The van der Waals surface area contributed by atoms with Crippen molar-refractivity contribution in [2.24, 2.45) is 4.99 Å². The highest BCUT2D eigenvalue weighted by Gasteiger charge is 2.21. The molecule has 1 aromatic carbocycles. The van der Waals surface area contributed by atoms with Gasteiger partial charge in [0.1, 0.15) is 5.69 Å². The molecule has 1 aliphatic rings. The van der Waals surface area contributed by atoms with E-state index < -0.39 is 0 Å². The fourth-order valence-electron chi connectivity index (χ4n) is 3.11.